The van der Waals surface area contributed by atoms with Crippen LogP contribution in [0, 0.1) is 0 Å². The lowest BCUT2D eigenvalue weighted by Crippen LogP contribution is -2.56. The fourth-order valence-corrected chi connectivity index (χ4v) is 1.61. The molecule has 0 aliphatic carbocycles. The maximum atomic E-state index is 13.1. The predicted octanol–water partition coefficient (Wildman–Crippen LogP) is 5.67. The van der Waals surface area contributed by atoms with E-state index >= 15 is 0 Å². The highest BCUT2D eigenvalue weighted by molar-refractivity contribution is 4.99. The molecule has 0 amide bonds. The molecule has 0 aromatic rings. The van der Waals surface area contributed by atoms with E-state index in [9.17, 15) is 48.3 Å². The minimum absolute atomic E-state index is 0.331. The molecule has 0 aromatic heterocycles. The van der Waals surface area contributed by atoms with Crippen molar-refractivity contribution in [3.8, 4) is 0 Å². The van der Waals surface area contributed by atoms with Gasteiger partial charge in [0.05, 0.1) is 12.8 Å². The zero-order valence-electron chi connectivity index (χ0n) is 10.5. The third-order valence-corrected chi connectivity index (χ3v) is 2.53. The van der Waals surface area contributed by atoms with Crippen LogP contribution in [0.1, 0.15) is 32.6 Å². The van der Waals surface area contributed by atoms with Crippen molar-refractivity contribution in [3.63, 3.8) is 0 Å². The van der Waals surface area contributed by atoms with Crippen molar-refractivity contribution in [3.05, 3.63) is 0 Å². The largest absolute Gasteiger partial charge is 0.431 e. The third-order valence-electron chi connectivity index (χ3n) is 2.53. The van der Waals surface area contributed by atoms with E-state index in [1.54, 1.807) is 0 Å². The predicted molar refractivity (Wildman–Crippen MR) is 50.0 cm³/mol. The molecule has 11 heteroatoms. The Hall–Kier alpha value is -0.770. The van der Waals surface area contributed by atoms with Gasteiger partial charge in [0.2, 0.25) is 0 Å². The van der Waals surface area contributed by atoms with Crippen molar-refractivity contribution in [2.24, 2.45) is 0 Å². The van der Waals surface area contributed by atoms with E-state index < -0.39 is 49.1 Å². The van der Waals surface area contributed by atoms with Crippen LogP contribution in [-0.4, -0.2) is 29.9 Å². The summed E-state index contributed by atoms with van der Waals surface area (Å²) in [6.45, 7) is 1.15. The molecule has 0 saturated heterocycles. The number of rotatable bonds is 6. The maximum Gasteiger partial charge on any atom is 0.431 e. The van der Waals surface area contributed by atoms with Crippen molar-refractivity contribution in [1.29, 1.82) is 0 Å². The highest BCUT2D eigenvalue weighted by Crippen LogP contribution is 2.52. The van der Waals surface area contributed by atoms with Crippen LogP contribution in [0.2, 0.25) is 0 Å². The third kappa shape index (κ3) is 5.17. The van der Waals surface area contributed by atoms with Crippen LogP contribution in [0.3, 0.4) is 0 Å². The first-order chi connectivity index (χ1) is 8.97. The zero-order chi connectivity index (χ0) is 17.3. The summed E-state index contributed by atoms with van der Waals surface area (Å²) in [5.41, 5.74) is -6.26. The van der Waals surface area contributed by atoms with Gasteiger partial charge in [-0.2, -0.15) is 26.3 Å². The van der Waals surface area contributed by atoms with Crippen LogP contribution in [0.4, 0.5) is 48.3 Å². The lowest BCUT2D eigenvalue weighted by atomic mass is 9.92. The van der Waals surface area contributed by atoms with Crippen molar-refractivity contribution < 1.29 is 48.3 Å². The summed E-state index contributed by atoms with van der Waals surface area (Å²) in [6, 6.07) is 0. The number of hydrogen-bond acceptors (Lipinski definition) is 0. The highest BCUT2D eigenvalue weighted by Gasteiger charge is 2.75. The number of alkyl halides is 11. The van der Waals surface area contributed by atoms with Gasteiger partial charge in [0.15, 0.2) is 0 Å². The van der Waals surface area contributed by atoms with E-state index in [4.69, 9.17) is 0 Å². The molecule has 0 unspecified atom stereocenters. The molecule has 0 aliphatic heterocycles. The van der Waals surface area contributed by atoms with Gasteiger partial charge in [-0.3, -0.25) is 0 Å². The van der Waals surface area contributed by atoms with E-state index in [2.05, 4.69) is 0 Å². The van der Waals surface area contributed by atoms with E-state index in [1.165, 1.54) is 0 Å². The van der Waals surface area contributed by atoms with E-state index in [1.807, 2.05) is 0 Å². The Balaban J connectivity index is 5.37. The second-order valence-electron chi connectivity index (χ2n) is 4.61. The summed E-state index contributed by atoms with van der Waals surface area (Å²) in [4.78, 5) is 0. The van der Waals surface area contributed by atoms with Gasteiger partial charge in [-0.05, 0) is 0 Å². The van der Waals surface area contributed by atoms with Crippen LogP contribution in [0.5, 0.6) is 0 Å². The van der Waals surface area contributed by atoms with Gasteiger partial charge in [0, 0.05) is 6.42 Å². The lowest BCUT2D eigenvalue weighted by Gasteiger charge is -2.33. The zero-order valence-corrected chi connectivity index (χ0v) is 10.5. The molecule has 0 radical (unpaired) electrons. The summed E-state index contributed by atoms with van der Waals surface area (Å²) in [5, 5.41) is 0. The maximum absolute atomic E-state index is 13.1. The van der Waals surface area contributed by atoms with Gasteiger partial charge < -0.3 is 0 Å². The van der Waals surface area contributed by atoms with Crippen LogP contribution < -0.4 is 0 Å². The highest BCUT2D eigenvalue weighted by atomic mass is 19.4. The molecule has 0 rings (SSSR count). The topological polar surface area (TPSA) is 0 Å². The second kappa shape index (κ2) is 5.79. The van der Waals surface area contributed by atoms with Gasteiger partial charge in [-0.15, -0.1) is 0 Å². The van der Waals surface area contributed by atoms with Gasteiger partial charge in [0.1, 0.15) is 0 Å². The van der Waals surface area contributed by atoms with E-state index in [-0.39, 0.29) is 6.42 Å². The Bertz CT molecular complexity index is 324. The average Bonchev–Trinajstić information content (AvgIpc) is 2.09. The number of halogens is 11. The molecule has 0 fully saturated rings. The van der Waals surface area contributed by atoms with Crippen molar-refractivity contribution in [2.45, 2.75) is 62.5 Å². The first kappa shape index (κ1) is 20.2. The molecule has 0 nitrogen and oxygen atoms in total. The smallest absolute Gasteiger partial charge is 0.223 e. The van der Waals surface area contributed by atoms with Gasteiger partial charge in [-0.25, -0.2) is 22.0 Å². The van der Waals surface area contributed by atoms with Crippen LogP contribution in [0.15, 0.2) is 0 Å². The van der Waals surface area contributed by atoms with Crippen molar-refractivity contribution in [1.82, 2.24) is 0 Å². The van der Waals surface area contributed by atoms with Gasteiger partial charge >= 0.3 is 18.0 Å². The summed E-state index contributed by atoms with van der Waals surface area (Å²) < 4.78 is 138. The molecule has 0 heterocycles. The quantitative estimate of drug-likeness (QED) is 0.547. The molecule has 0 atom stereocenters. The van der Waals surface area contributed by atoms with Crippen LogP contribution >= 0.6 is 0 Å². The fraction of sp³-hybridized carbons (Fsp3) is 1.00. The first-order valence-electron chi connectivity index (χ1n) is 5.55. The summed E-state index contributed by atoms with van der Waals surface area (Å²) in [6.07, 6.45) is -20.9. The monoisotopic (exact) mass is 340 g/mol. The van der Waals surface area contributed by atoms with E-state index in [0.717, 1.165) is 6.92 Å². The fourth-order valence-electron chi connectivity index (χ4n) is 1.61. The Morgan fingerprint density at radius 1 is 0.571 bits per heavy atom. The summed E-state index contributed by atoms with van der Waals surface area (Å²) in [5.74, 6) is -9.38. The number of hydrogen-bond donors (Lipinski definition) is 0. The Kier molecular flexibility index (Phi) is 5.58. The van der Waals surface area contributed by atoms with Crippen molar-refractivity contribution >= 4 is 0 Å². The molecular weight excluding hydrogens is 329 g/mol. The molecule has 128 valence electrons. The Labute approximate surface area is 112 Å². The second-order valence-corrected chi connectivity index (χ2v) is 4.61. The van der Waals surface area contributed by atoms with Crippen LogP contribution in [0.25, 0.3) is 0 Å². The average molecular weight is 340 g/mol. The minimum Gasteiger partial charge on any atom is -0.223 e. The molecular formula is C10H11F11. The standard InChI is InChI=1S/C10H11F11/c1-2-3-6(11,12)4-7(13,14)5-8(15,9(16,17)18)10(19,20)21/h2-5H2,1H3. The van der Waals surface area contributed by atoms with Gasteiger partial charge in [-0.1, -0.05) is 13.3 Å². The SMILES string of the molecule is CCCC(F)(F)CC(F)(F)CC(F)(C(F)(F)F)C(F)(F)F. The van der Waals surface area contributed by atoms with Crippen LogP contribution in [-0.2, 0) is 0 Å². The summed E-state index contributed by atoms with van der Waals surface area (Å²) in [7, 11) is 0. The Morgan fingerprint density at radius 3 is 1.24 bits per heavy atom. The van der Waals surface area contributed by atoms with E-state index in [0.29, 0.717) is 0 Å². The normalized spacial score (nSPS) is 15.4. The molecule has 0 saturated carbocycles. The Morgan fingerprint density at radius 2 is 0.952 bits per heavy atom. The molecule has 0 aliphatic rings. The molecule has 0 spiro atoms. The molecule has 0 N–H and O–H groups in total. The minimum atomic E-state index is -6.70. The molecule has 0 bridgehead atoms. The first-order valence-corrected chi connectivity index (χ1v) is 5.55. The molecule has 0 aromatic carbocycles. The molecule has 21 heavy (non-hydrogen) atoms. The van der Waals surface area contributed by atoms with Crippen molar-refractivity contribution in [2.75, 3.05) is 0 Å². The lowest BCUT2D eigenvalue weighted by molar-refractivity contribution is -0.356. The van der Waals surface area contributed by atoms with Gasteiger partial charge in [0.25, 0.3) is 11.8 Å². The summed E-state index contributed by atoms with van der Waals surface area (Å²) >= 11 is 0.